The molecule has 2 rings (SSSR count). The van der Waals surface area contributed by atoms with Crippen LogP contribution in [0.4, 0.5) is 5.69 Å². The second kappa shape index (κ2) is 11.5. The predicted molar refractivity (Wildman–Crippen MR) is 133 cm³/mol. The van der Waals surface area contributed by atoms with Crippen LogP contribution in [0.3, 0.4) is 0 Å². The van der Waals surface area contributed by atoms with E-state index in [9.17, 15) is 4.79 Å². The lowest BCUT2D eigenvalue weighted by Crippen LogP contribution is -2.45. The van der Waals surface area contributed by atoms with Gasteiger partial charge in [0, 0.05) is 36.0 Å². The topological polar surface area (TPSA) is 83.3 Å². The highest BCUT2D eigenvalue weighted by atomic mass is 127. The van der Waals surface area contributed by atoms with Gasteiger partial charge in [0.1, 0.15) is 0 Å². The molecule has 0 aliphatic carbocycles. The number of guanidine groups is 1. The summed E-state index contributed by atoms with van der Waals surface area (Å²) < 4.78 is 2.83. The second-order valence-electron chi connectivity index (χ2n) is 6.96. The largest absolute Gasteiger partial charge is 0.354 e. The molecule has 1 amide bonds. The van der Waals surface area contributed by atoms with Crippen LogP contribution in [-0.2, 0) is 18.3 Å². The zero-order chi connectivity index (χ0) is 20.8. The summed E-state index contributed by atoms with van der Waals surface area (Å²) in [6.07, 6.45) is 0.829. The van der Waals surface area contributed by atoms with Crippen LogP contribution in [-0.4, -0.2) is 41.3 Å². The number of hydrogen-bond donors (Lipinski definition) is 3. The van der Waals surface area contributed by atoms with Crippen molar-refractivity contribution in [2.24, 2.45) is 12.0 Å². The standard InChI is InChI=1S/C20H29BrN6O.HI/c1-12-7-8-16(21)10-18(12)25-19(28)11-23-20(22-5)24-13(2)9-17-14(3)26-27(6)15(17)4;/h7-8,10,13H,9,11H2,1-6H3,(H,25,28)(H2,22,23,24);1H. The van der Waals surface area contributed by atoms with Gasteiger partial charge in [-0.15, -0.1) is 24.0 Å². The normalized spacial score (nSPS) is 12.2. The Balaban J connectivity index is 0.00000420. The molecular formula is C20H30BrIN6O. The first-order valence-corrected chi connectivity index (χ1v) is 10.0. The molecule has 0 saturated carbocycles. The first kappa shape index (κ1) is 25.4. The molecular weight excluding hydrogens is 547 g/mol. The number of aromatic nitrogens is 2. The van der Waals surface area contributed by atoms with Crippen LogP contribution < -0.4 is 16.0 Å². The Bertz CT molecular complexity index is 880. The first-order chi connectivity index (χ1) is 13.2. The van der Waals surface area contributed by atoms with Crippen molar-refractivity contribution in [1.82, 2.24) is 20.4 Å². The third-order valence-electron chi connectivity index (χ3n) is 4.67. The monoisotopic (exact) mass is 576 g/mol. The Hall–Kier alpha value is -1.62. The summed E-state index contributed by atoms with van der Waals surface area (Å²) in [6.45, 7) is 8.27. The lowest BCUT2D eigenvalue weighted by Gasteiger charge is -2.18. The summed E-state index contributed by atoms with van der Waals surface area (Å²) in [6, 6.07) is 5.93. The van der Waals surface area contributed by atoms with Gasteiger partial charge in [-0.2, -0.15) is 5.10 Å². The molecule has 1 heterocycles. The number of hydrogen-bond acceptors (Lipinski definition) is 3. The maximum absolute atomic E-state index is 12.3. The van der Waals surface area contributed by atoms with E-state index >= 15 is 0 Å². The van der Waals surface area contributed by atoms with Crippen LogP contribution in [0.1, 0.15) is 29.4 Å². The highest BCUT2D eigenvalue weighted by molar-refractivity contribution is 14.0. The van der Waals surface area contributed by atoms with Gasteiger partial charge in [-0.1, -0.05) is 22.0 Å². The van der Waals surface area contributed by atoms with Crippen LogP contribution in [0.5, 0.6) is 0 Å². The van der Waals surface area contributed by atoms with E-state index in [0.29, 0.717) is 5.96 Å². The average molecular weight is 577 g/mol. The summed E-state index contributed by atoms with van der Waals surface area (Å²) in [5.41, 5.74) is 5.24. The van der Waals surface area contributed by atoms with Crippen LogP contribution >= 0.6 is 39.9 Å². The Morgan fingerprint density at radius 1 is 1.31 bits per heavy atom. The molecule has 1 aromatic carbocycles. The fourth-order valence-corrected chi connectivity index (χ4v) is 3.35. The van der Waals surface area contributed by atoms with Crippen molar-refractivity contribution < 1.29 is 4.79 Å². The van der Waals surface area contributed by atoms with Crippen molar-refractivity contribution in [2.45, 2.75) is 40.2 Å². The van der Waals surface area contributed by atoms with E-state index in [4.69, 9.17) is 0 Å². The summed E-state index contributed by atoms with van der Waals surface area (Å²) in [5, 5.41) is 13.8. The van der Waals surface area contributed by atoms with Crippen molar-refractivity contribution in [3.63, 3.8) is 0 Å². The third kappa shape index (κ3) is 7.29. The molecule has 2 aromatic rings. The van der Waals surface area contributed by atoms with E-state index in [0.717, 1.165) is 33.5 Å². The number of anilines is 1. The Morgan fingerprint density at radius 3 is 2.59 bits per heavy atom. The van der Waals surface area contributed by atoms with Crippen LogP contribution in [0.25, 0.3) is 0 Å². The van der Waals surface area contributed by atoms with E-state index in [1.165, 1.54) is 5.56 Å². The van der Waals surface area contributed by atoms with Crippen molar-refractivity contribution in [3.05, 3.63) is 45.2 Å². The number of aliphatic imine (C=N–C) groups is 1. The van der Waals surface area contributed by atoms with E-state index in [2.05, 4.69) is 55.8 Å². The fraction of sp³-hybridized carbons (Fsp3) is 0.450. The van der Waals surface area contributed by atoms with Crippen molar-refractivity contribution in [1.29, 1.82) is 0 Å². The number of halogens is 2. The number of carbonyl (C=O) groups excluding carboxylic acids is 1. The highest BCUT2D eigenvalue weighted by Gasteiger charge is 2.14. The Labute approximate surface area is 198 Å². The summed E-state index contributed by atoms with van der Waals surface area (Å²) in [5.74, 6) is 0.462. The molecule has 9 heteroatoms. The van der Waals surface area contributed by atoms with E-state index in [-0.39, 0.29) is 42.5 Å². The molecule has 0 saturated heterocycles. The molecule has 7 nitrogen and oxygen atoms in total. The zero-order valence-electron chi connectivity index (χ0n) is 17.8. The quantitative estimate of drug-likeness (QED) is 0.279. The Morgan fingerprint density at radius 2 is 2.00 bits per heavy atom. The maximum atomic E-state index is 12.3. The summed E-state index contributed by atoms with van der Waals surface area (Å²) >= 11 is 3.42. The Kier molecular flexibility index (Phi) is 10.1. The number of carbonyl (C=O) groups is 1. The molecule has 0 aliphatic rings. The van der Waals surface area contributed by atoms with Gasteiger partial charge in [-0.25, -0.2) is 0 Å². The number of aryl methyl sites for hydroxylation is 3. The molecule has 3 N–H and O–H groups in total. The second-order valence-corrected chi connectivity index (χ2v) is 7.87. The molecule has 0 radical (unpaired) electrons. The number of amides is 1. The van der Waals surface area contributed by atoms with Crippen LogP contribution in [0.15, 0.2) is 27.7 Å². The molecule has 0 bridgehead atoms. The molecule has 0 aliphatic heterocycles. The summed E-state index contributed by atoms with van der Waals surface area (Å²) in [7, 11) is 3.65. The maximum Gasteiger partial charge on any atom is 0.243 e. The first-order valence-electron chi connectivity index (χ1n) is 9.23. The van der Waals surface area contributed by atoms with Crippen molar-refractivity contribution >= 4 is 57.5 Å². The molecule has 29 heavy (non-hydrogen) atoms. The lowest BCUT2D eigenvalue weighted by molar-refractivity contribution is -0.115. The zero-order valence-corrected chi connectivity index (χ0v) is 21.7. The minimum atomic E-state index is -0.129. The van der Waals surface area contributed by atoms with Gasteiger partial charge in [-0.05, 0) is 57.4 Å². The van der Waals surface area contributed by atoms with Gasteiger partial charge in [0.15, 0.2) is 5.96 Å². The lowest BCUT2D eigenvalue weighted by atomic mass is 10.1. The number of benzene rings is 1. The minimum absolute atomic E-state index is 0. The fourth-order valence-electron chi connectivity index (χ4n) is 2.99. The predicted octanol–water partition coefficient (Wildman–Crippen LogP) is 3.46. The highest BCUT2D eigenvalue weighted by Crippen LogP contribution is 2.20. The van der Waals surface area contributed by atoms with E-state index in [1.807, 2.05) is 43.8 Å². The number of nitrogens with zero attached hydrogens (tertiary/aromatic N) is 3. The summed E-state index contributed by atoms with van der Waals surface area (Å²) in [4.78, 5) is 16.5. The van der Waals surface area contributed by atoms with Crippen molar-refractivity contribution in [3.8, 4) is 0 Å². The molecule has 160 valence electrons. The average Bonchev–Trinajstić information content (AvgIpc) is 2.87. The van der Waals surface area contributed by atoms with E-state index in [1.54, 1.807) is 7.05 Å². The molecule has 0 spiro atoms. The van der Waals surface area contributed by atoms with Gasteiger partial charge in [0.2, 0.25) is 5.91 Å². The number of nitrogens with one attached hydrogen (secondary N) is 3. The van der Waals surface area contributed by atoms with Gasteiger partial charge in [0.25, 0.3) is 0 Å². The smallest absolute Gasteiger partial charge is 0.243 e. The number of rotatable bonds is 6. The van der Waals surface area contributed by atoms with Crippen LogP contribution in [0, 0.1) is 20.8 Å². The van der Waals surface area contributed by atoms with Gasteiger partial charge < -0.3 is 16.0 Å². The van der Waals surface area contributed by atoms with Gasteiger partial charge in [0.05, 0.1) is 12.2 Å². The molecule has 1 atom stereocenters. The molecule has 1 aromatic heterocycles. The minimum Gasteiger partial charge on any atom is -0.354 e. The van der Waals surface area contributed by atoms with Crippen LogP contribution in [0.2, 0.25) is 0 Å². The molecule has 0 fully saturated rings. The van der Waals surface area contributed by atoms with Gasteiger partial charge in [-0.3, -0.25) is 14.5 Å². The molecule has 1 unspecified atom stereocenters. The van der Waals surface area contributed by atoms with E-state index < -0.39 is 0 Å². The van der Waals surface area contributed by atoms with Crippen molar-refractivity contribution in [2.75, 3.05) is 18.9 Å². The van der Waals surface area contributed by atoms with Gasteiger partial charge >= 0.3 is 0 Å². The third-order valence-corrected chi connectivity index (χ3v) is 5.16. The SMILES string of the molecule is CN=C(NCC(=O)Nc1cc(Br)ccc1C)NC(C)Cc1c(C)nn(C)c1C.I.